The molecule has 0 aromatic heterocycles. The number of piperidine rings is 1. The van der Waals surface area contributed by atoms with Crippen molar-refractivity contribution in [2.24, 2.45) is 0 Å². The summed E-state index contributed by atoms with van der Waals surface area (Å²) in [7, 11) is 1.82. The van der Waals surface area contributed by atoms with Crippen molar-refractivity contribution >= 4 is 6.09 Å². The average molecular weight is 432 g/mol. The topological polar surface area (TPSA) is 82.5 Å². The maximum absolute atomic E-state index is 12.7. The van der Waals surface area contributed by atoms with Crippen molar-refractivity contribution in [2.75, 3.05) is 33.4 Å². The molecule has 10 heteroatoms. The number of halogens is 3. The van der Waals surface area contributed by atoms with Crippen molar-refractivity contribution in [1.82, 2.24) is 9.80 Å². The van der Waals surface area contributed by atoms with Crippen LogP contribution < -0.4 is 0 Å². The second-order valence-electron chi connectivity index (χ2n) is 7.89. The van der Waals surface area contributed by atoms with Crippen LogP contribution in [0, 0.1) is 0 Å². The summed E-state index contributed by atoms with van der Waals surface area (Å²) < 4.78 is 48.5. The van der Waals surface area contributed by atoms with Gasteiger partial charge in [-0.15, -0.1) is 0 Å². The Kier molecular flexibility index (Phi) is 6.91. The molecule has 1 spiro atoms. The molecule has 7 nitrogen and oxygen atoms in total. The van der Waals surface area contributed by atoms with Gasteiger partial charge in [0.05, 0.1) is 18.8 Å². The number of likely N-dealkylation sites (tertiary alicyclic amines) is 1. The Labute approximate surface area is 173 Å². The van der Waals surface area contributed by atoms with Gasteiger partial charge in [0.15, 0.2) is 0 Å². The van der Waals surface area contributed by atoms with Crippen molar-refractivity contribution in [2.45, 2.75) is 49.4 Å². The number of hydrogen-bond donors (Lipinski definition) is 2. The second-order valence-corrected chi connectivity index (χ2v) is 7.89. The highest BCUT2D eigenvalue weighted by molar-refractivity contribution is 5.68. The van der Waals surface area contributed by atoms with Gasteiger partial charge in [0.2, 0.25) is 6.10 Å². The Balaban J connectivity index is 1.53. The summed E-state index contributed by atoms with van der Waals surface area (Å²) in [6, 6.07) is 9.25. The highest BCUT2D eigenvalue weighted by Gasteiger charge is 2.47. The molecule has 0 saturated carbocycles. The molecule has 3 rings (SSSR count). The highest BCUT2D eigenvalue weighted by Crippen LogP contribution is 2.39. The SMILES string of the molecule is CN(C1COC2(CCN(C(=O)O[C@H](CO)C(F)(F)F)CC2)C1)C(O)c1ccccc1. The molecule has 3 atom stereocenters. The van der Waals surface area contributed by atoms with Gasteiger partial charge in [-0.3, -0.25) is 4.90 Å². The summed E-state index contributed by atoms with van der Waals surface area (Å²) in [5.74, 6) is 0. The fourth-order valence-corrected chi connectivity index (χ4v) is 3.99. The van der Waals surface area contributed by atoms with Crippen LogP contribution in [0.3, 0.4) is 0 Å². The molecule has 2 fully saturated rings. The molecule has 0 bridgehead atoms. The highest BCUT2D eigenvalue weighted by atomic mass is 19.4. The lowest BCUT2D eigenvalue weighted by molar-refractivity contribution is -0.215. The lowest BCUT2D eigenvalue weighted by Crippen LogP contribution is -2.49. The lowest BCUT2D eigenvalue weighted by Gasteiger charge is -2.39. The van der Waals surface area contributed by atoms with Gasteiger partial charge < -0.3 is 24.6 Å². The number of carbonyl (C=O) groups is 1. The third-order valence-corrected chi connectivity index (χ3v) is 5.96. The Morgan fingerprint density at radius 1 is 1.33 bits per heavy atom. The van der Waals surface area contributed by atoms with Crippen LogP contribution in [-0.2, 0) is 9.47 Å². The van der Waals surface area contributed by atoms with E-state index in [1.165, 1.54) is 4.90 Å². The van der Waals surface area contributed by atoms with E-state index in [0.717, 1.165) is 5.56 Å². The summed E-state index contributed by atoms with van der Waals surface area (Å²) in [6.45, 7) is -0.488. The van der Waals surface area contributed by atoms with Crippen LogP contribution in [-0.4, -0.2) is 83.4 Å². The first-order valence-corrected chi connectivity index (χ1v) is 9.87. The number of alkyl halides is 3. The molecule has 0 aliphatic carbocycles. The van der Waals surface area contributed by atoms with Crippen LogP contribution in [0.2, 0.25) is 0 Å². The van der Waals surface area contributed by atoms with Gasteiger partial charge in [-0.25, -0.2) is 4.79 Å². The molecule has 2 unspecified atom stereocenters. The molecular weight excluding hydrogens is 405 g/mol. The zero-order valence-corrected chi connectivity index (χ0v) is 16.7. The fraction of sp³-hybridized carbons (Fsp3) is 0.650. The van der Waals surface area contributed by atoms with Crippen LogP contribution in [0.4, 0.5) is 18.0 Å². The number of amides is 1. The Morgan fingerprint density at radius 2 is 1.97 bits per heavy atom. The van der Waals surface area contributed by atoms with E-state index in [9.17, 15) is 23.1 Å². The van der Waals surface area contributed by atoms with Gasteiger partial charge in [0.25, 0.3) is 0 Å². The number of carbonyl (C=O) groups excluding carboxylic acids is 1. The van der Waals surface area contributed by atoms with Gasteiger partial charge in [-0.1, -0.05) is 30.3 Å². The minimum Gasteiger partial charge on any atom is -0.434 e. The maximum Gasteiger partial charge on any atom is 0.427 e. The summed E-state index contributed by atoms with van der Waals surface area (Å²) in [5.41, 5.74) is 0.300. The molecule has 1 aromatic rings. The summed E-state index contributed by atoms with van der Waals surface area (Å²) in [4.78, 5) is 15.1. The molecule has 1 amide bonds. The van der Waals surface area contributed by atoms with Gasteiger partial charge in [-0.05, 0) is 31.9 Å². The first-order valence-electron chi connectivity index (χ1n) is 9.87. The van der Waals surface area contributed by atoms with Crippen molar-refractivity contribution in [3.63, 3.8) is 0 Å². The van der Waals surface area contributed by atoms with Crippen LogP contribution in [0.5, 0.6) is 0 Å². The minimum atomic E-state index is -4.81. The molecule has 168 valence electrons. The maximum atomic E-state index is 12.7. The van der Waals surface area contributed by atoms with E-state index < -0.39 is 36.8 Å². The monoisotopic (exact) mass is 432 g/mol. The average Bonchev–Trinajstić information content (AvgIpc) is 3.14. The zero-order valence-electron chi connectivity index (χ0n) is 16.7. The Bertz CT molecular complexity index is 710. The van der Waals surface area contributed by atoms with Crippen molar-refractivity contribution < 1.29 is 37.7 Å². The smallest absolute Gasteiger partial charge is 0.427 e. The number of benzene rings is 1. The molecule has 2 aliphatic rings. The van der Waals surface area contributed by atoms with Gasteiger partial charge in [0, 0.05) is 19.1 Å². The number of hydrogen-bond acceptors (Lipinski definition) is 6. The van der Waals surface area contributed by atoms with Crippen LogP contribution in [0.25, 0.3) is 0 Å². The van der Waals surface area contributed by atoms with Gasteiger partial charge in [-0.2, -0.15) is 13.2 Å². The zero-order chi connectivity index (χ0) is 21.9. The molecule has 2 saturated heterocycles. The Morgan fingerprint density at radius 3 is 2.53 bits per heavy atom. The lowest BCUT2D eigenvalue weighted by atomic mass is 9.87. The van der Waals surface area contributed by atoms with Gasteiger partial charge >= 0.3 is 12.3 Å². The van der Waals surface area contributed by atoms with E-state index in [2.05, 4.69) is 4.74 Å². The third kappa shape index (κ3) is 5.05. The number of likely N-dealkylation sites (N-methyl/N-ethyl adjacent to an activating group) is 1. The van der Waals surface area contributed by atoms with Crippen LogP contribution in [0.15, 0.2) is 30.3 Å². The minimum absolute atomic E-state index is 0.0253. The summed E-state index contributed by atoms with van der Waals surface area (Å²) in [5, 5.41) is 19.4. The molecule has 30 heavy (non-hydrogen) atoms. The first-order chi connectivity index (χ1) is 14.1. The van der Waals surface area contributed by atoms with Crippen molar-refractivity contribution in [1.29, 1.82) is 0 Å². The first kappa shape index (κ1) is 22.8. The molecule has 2 heterocycles. The van der Waals surface area contributed by atoms with E-state index in [4.69, 9.17) is 9.84 Å². The number of aliphatic hydroxyl groups is 2. The number of ether oxygens (including phenoxy) is 2. The molecule has 2 N–H and O–H groups in total. The molecule has 1 aromatic carbocycles. The van der Waals surface area contributed by atoms with E-state index in [1.807, 2.05) is 42.3 Å². The predicted octanol–water partition coefficient (Wildman–Crippen LogP) is 2.29. The molecular formula is C20H27F3N2O5. The normalized spacial score (nSPS) is 23.6. The van der Waals surface area contributed by atoms with Crippen LogP contribution >= 0.6 is 0 Å². The molecule has 2 aliphatic heterocycles. The third-order valence-electron chi connectivity index (χ3n) is 5.96. The largest absolute Gasteiger partial charge is 0.434 e. The molecule has 0 radical (unpaired) electrons. The van der Waals surface area contributed by atoms with E-state index >= 15 is 0 Å². The summed E-state index contributed by atoms with van der Waals surface area (Å²) in [6.07, 6.45) is -7.63. The Hall–Kier alpha value is -1.88. The number of aliphatic hydroxyl groups excluding tert-OH is 2. The van der Waals surface area contributed by atoms with Gasteiger partial charge in [0.1, 0.15) is 6.23 Å². The number of rotatable bonds is 5. The predicted molar refractivity (Wildman–Crippen MR) is 100 cm³/mol. The van der Waals surface area contributed by atoms with E-state index in [-0.39, 0.29) is 19.1 Å². The fourth-order valence-electron chi connectivity index (χ4n) is 3.99. The van der Waals surface area contributed by atoms with E-state index in [0.29, 0.717) is 25.9 Å². The summed E-state index contributed by atoms with van der Waals surface area (Å²) >= 11 is 0. The van der Waals surface area contributed by atoms with E-state index in [1.54, 1.807) is 0 Å². The van der Waals surface area contributed by atoms with Crippen molar-refractivity contribution in [3.05, 3.63) is 35.9 Å². The quantitative estimate of drug-likeness (QED) is 0.695. The van der Waals surface area contributed by atoms with Crippen molar-refractivity contribution in [3.8, 4) is 0 Å². The number of nitrogens with zero attached hydrogens (tertiary/aromatic N) is 2. The van der Waals surface area contributed by atoms with Crippen LogP contribution in [0.1, 0.15) is 31.1 Å². The standard InChI is InChI=1S/C20H27F3N2O5/c1-24(17(27)14-5-3-2-4-6-14)15-11-19(29-13-15)7-9-25(10-8-19)18(28)30-16(12-26)20(21,22)23/h2-6,15-17,26-27H,7-13H2,1H3/t15?,16-,17?/m1/s1. The second kappa shape index (κ2) is 9.09.